The highest BCUT2D eigenvalue weighted by Gasteiger charge is 2.30. The van der Waals surface area contributed by atoms with E-state index in [1.54, 1.807) is 6.07 Å². The summed E-state index contributed by atoms with van der Waals surface area (Å²) in [5, 5.41) is 13.6. The van der Waals surface area contributed by atoms with Crippen LogP contribution >= 0.6 is 0 Å². The van der Waals surface area contributed by atoms with Gasteiger partial charge >= 0.3 is 5.97 Å². The largest absolute Gasteiger partial charge is 0.490 e. The first-order chi connectivity index (χ1) is 14.3. The Hall–Kier alpha value is -3.54. The molecule has 0 aliphatic carbocycles. The number of nitrogens with one attached hydrogen (secondary N) is 1. The number of fused-ring (bicyclic) bond motifs is 1. The molecule has 156 valence electrons. The Bertz CT molecular complexity index is 1070. The molecular weight excluding hydrogens is 382 g/mol. The molecule has 0 fully saturated rings. The van der Waals surface area contributed by atoms with Crippen molar-refractivity contribution in [2.75, 3.05) is 13.2 Å². The SMILES string of the molecule is Cc1ccccc1OCCOc1c(C(=O)NC(C)(C)C(=O)O)ccc2ccccc12. The van der Waals surface area contributed by atoms with Crippen LogP contribution in [0.1, 0.15) is 29.8 Å². The topological polar surface area (TPSA) is 84.9 Å². The molecule has 0 spiro atoms. The first-order valence-corrected chi connectivity index (χ1v) is 9.68. The van der Waals surface area contributed by atoms with Crippen LogP contribution < -0.4 is 14.8 Å². The Morgan fingerprint density at radius 2 is 1.60 bits per heavy atom. The van der Waals surface area contributed by atoms with Gasteiger partial charge in [0.05, 0.1) is 5.56 Å². The number of carbonyl (C=O) groups excluding carboxylic acids is 1. The van der Waals surface area contributed by atoms with Gasteiger partial charge in [-0.3, -0.25) is 4.79 Å². The minimum absolute atomic E-state index is 0.227. The lowest BCUT2D eigenvalue weighted by molar-refractivity contribution is -0.143. The standard InChI is InChI=1S/C24H25NO5/c1-16-8-4-7-11-20(16)29-14-15-30-21-18-10-6-5-9-17(18)12-13-19(21)22(26)25-24(2,3)23(27)28/h4-13H,14-15H2,1-3H3,(H,25,26)(H,27,28). The third kappa shape index (κ3) is 4.71. The summed E-state index contributed by atoms with van der Waals surface area (Å²) < 4.78 is 11.8. The predicted molar refractivity (Wildman–Crippen MR) is 115 cm³/mol. The van der Waals surface area contributed by atoms with Gasteiger partial charge in [0.2, 0.25) is 0 Å². The smallest absolute Gasteiger partial charge is 0.328 e. The van der Waals surface area contributed by atoms with E-state index in [1.807, 2.05) is 61.5 Å². The van der Waals surface area contributed by atoms with E-state index in [-0.39, 0.29) is 12.2 Å². The first kappa shape index (κ1) is 21.2. The third-order valence-electron chi connectivity index (χ3n) is 4.77. The highest BCUT2D eigenvalue weighted by Crippen LogP contribution is 2.30. The summed E-state index contributed by atoms with van der Waals surface area (Å²) in [7, 11) is 0. The van der Waals surface area contributed by atoms with Crippen molar-refractivity contribution in [3.05, 3.63) is 71.8 Å². The van der Waals surface area contributed by atoms with Gasteiger partial charge in [0.1, 0.15) is 30.3 Å². The second kappa shape index (κ2) is 8.86. The van der Waals surface area contributed by atoms with Gasteiger partial charge in [-0.05, 0) is 43.9 Å². The van der Waals surface area contributed by atoms with Crippen molar-refractivity contribution in [2.45, 2.75) is 26.3 Å². The molecule has 0 atom stereocenters. The van der Waals surface area contributed by atoms with Crippen LogP contribution in [0.25, 0.3) is 10.8 Å². The molecule has 0 heterocycles. The van der Waals surface area contributed by atoms with E-state index in [9.17, 15) is 14.7 Å². The van der Waals surface area contributed by atoms with E-state index in [2.05, 4.69) is 5.32 Å². The van der Waals surface area contributed by atoms with E-state index in [4.69, 9.17) is 9.47 Å². The Morgan fingerprint density at radius 1 is 0.933 bits per heavy atom. The van der Waals surface area contributed by atoms with Gasteiger partial charge in [-0.2, -0.15) is 0 Å². The van der Waals surface area contributed by atoms with Crippen LogP contribution in [0.3, 0.4) is 0 Å². The fourth-order valence-corrected chi connectivity index (χ4v) is 3.00. The van der Waals surface area contributed by atoms with Crippen molar-refractivity contribution in [1.82, 2.24) is 5.32 Å². The summed E-state index contributed by atoms with van der Waals surface area (Å²) in [4.78, 5) is 24.2. The van der Waals surface area contributed by atoms with Gasteiger partial charge in [0.15, 0.2) is 0 Å². The zero-order chi connectivity index (χ0) is 21.7. The molecule has 30 heavy (non-hydrogen) atoms. The van der Waals surface area contributed by atoms with Crippen LogP contribution in [0.15, 0.2) is 60.7 Å². The number of hydrogen-bond donors (Lipinski definition) is 2. The van der Waals surface area contributed by atoms with Crippen molar-refractivity contribution in [3.8, 4) is 11.5 Å². The molecule has 3 aromatic carbocycles. The number of aryl methyl sites for hydroxylation is 1. The lowest BCUT2D eigenvalue weighted by atomic mass is 10.0. The van der Waals surface area contributed by atoms with Crippen molar-refractivity contribution >= 4 is 22.6 Å². The van der Waals surface area contributed by atoms with Crippen molar-refractivity contribution in [3.63, 3.8) is 0 Å². The maximum Gasteiger partial charge on any atom is 0.328 e. The van der Waals surface area contributed by atoms with Crippen molar-refractivity contribution in [1.29, 1.82) is 0 Å². The van der Waals surface area contributed by atoms with Crippen LogP contribution in [0, 0.1) is 6.92 Å². The number of carboxylic acids is 1. The van der Waals surface area contributed by atoms with Gasteiger partial charge < -0.3 is 19.9 Å². The summed E-state index contributed by atoms with van der Waals surface area (Å²) in [6, 6.07) is 18.7. The Balaban J connectivity index is 1.82. The molecule has 0 aliphatic rings. The number of carboxylic acid groups (broad SMARTS) is 1. The minimum Gasteiger partial charge on any atom is -0.490 e. The molecule has 3 rings (SSSR count). The lowest BCUT2D eigenvalue weighted by Gasteiger charge is -2.22. The Morgan fingerprint density at radius 3 is 2.33 bits per heavy atom. The average molecular weight is 407 g/mol. The molecule has 0 saturated carbocycles. The maximum absolute atomic E-state index is 12.8. The Labute approximate surface area is 175 Å². The van der Waals surface area contributed by atoms with E-state index in [1.165, 1.54) is 13.8 Å². The van der Waals surface area contributed by atoms with Crippen LogP contribution in [0.2, 0.25) is 0 Å². The fraction of sp³-hybridized carbons (Fsp3) is 0.250. The normalized spacial score (nSPS) is 11.2. The molecule has 6 nitrogen and oxygen atoms in total. The molecule has 0 radical (unpaired) electrons. The molecule has 2 N–H and O–H groups in total. The van der Waals surface area contributed by atoms with Crippen LogP contribution in [-0.4, -0.2) is 35.7 Å². The van der Waals surface area contributed by atoms with Gasteiger partial charge in [-0.25, -0.2) is 4.79 Å². The van der Waals surface area contributed by atoms with Gasteiger partial charge in [-0.1, -0.05) is 48.5 Å². The predicted octanol–water partition coefficient (Wildman–Crippen LogP) is 4.20. The number of para-hydroxylation sites is 1. The molecule has 0 bridgehead atoms. The number of aliphatic carboxylic acids is 1. The maximum atomic E-state index is 12.8. The molecule has 6 heteroatoms. The molecule has 0 aliphatic heterocycles. The quantitative estimate of drug-likeness (QED) is 0.547. The van der Waals surface area contributed by atoms with Crippen LogP contribution in [0.5, 0.6) is 11.5 Å². The van der Waals surface area contributed by atoms with E-state index in [0.717, 1.165) is 22.1 Å². The number of benzene rings is 3. The summed E-state index contributed by atoms with van der Waals surface area (Å²) in [5.41, 5.74) is -0.106. The van der Waals surface area contributed by atoms with Crippen molar-refractivity contribution < 1.29 is 24.2 Å². The molecule has 0 unspecified atom stereocenters. The summed E-state index contributed by atoms with van der Waals surface area (Å²) >= 11 is 0. The van der Waals surface area contributed by atoms with Gasteiger partial charge in [0.25, 0.3) is 5.91 Å². The van der Waals surface area contributed by atoms with Crippen LogP contribution in [-0.2, 0) is 4.79 Å². The first-order valence-electron chi connectivity index (χ1n) is 9.68. The molecule has 1 amide bonds. The van der Waals surface area contributed by atoms with E-state index >= 15 is 0 Å². The van der Waals surface area contributed by atoms with E-state index < -0.39 is 17.4 Å². The summed E-state index contributed by atoms with van der Waals surface area (Å²) in [6.45, 7) is 5.37. The van der Waals surface area contributed by atoms with Crippen LogP contribution in [0.4, 0.5) is 0 Å². The highest BCUT2D eigenvalue weighted by molar-refractivity contribution is 6.05. The summed E-state index contributed by atoms with van der Waals surface area (Å²) in [6.07, 6.45) is 0. The highest BCUT2D eigenvalue weighted by atomic mass is 16.5. The van der Waals surface area contributed by atoms with Gasteiger partial charge in [-0.15, -0.1) is 0 Å². The summed E-state index contributed by atoms with van der Waals surface area (Å²) in [5.74, 6) is -0.450. The lowest BCUT2D eigenvalue weighted by Crippen LogP contribution is -2.49. The number of amides is 1. The van der Waals surface area contributed by atoms with Crippen molar-refractivity contribution in [2.24, 2.45) is 0 Å². The second-order valence-electron chi connectivity index (χ2n) is 7.51. The van der Waals surface area contributed by atoms with E-state index in [0.29, 0.717) is 12.4 Å². The average Bonchev–Trinajstić information content (AvgIpc) is 2.71. The number of rotatable bonds is 8. The molecule has 0 aromatic heterocycles. The molecule has 3 aromatic rings. The fourth-order valence-electron chi connectivity index (χ4n) is 3.00. The number of ether oxygens (including phenoxy) is 2. The minimum atomic E-state index is -1.41. The molecular formula is C24H25NO5. The number of carbonyl (C=O) groups is 2. The zero-order valence-corrected chi connectivity index (χ0v) is 17.3. The Kier molecular flexibility index (Phi) is 6.26. The second-order valence-corrected chi connectivity index (χ2v) is 7.51. The number of hydrogen-bond acceptors (Lipinski definition) is 4. The third-order valence-corrected chi connectivity index (χ3v) is 4.77. The van der Waals surface area contributed by atoms with Gasteiger partial charge in [0, 0.05) is 5.39 Å². The molecule has 0 saturated heterocycles. The zero-order valence-electron chi connectivity index (χ0n) is 17.3. The monoisotopic (exact) mass is 407 g/mol.